The van der Waals surface area contributed by atoms with E-state index in [1.807, 2.05) is 48.2 Å². The maximum atomic E-state index is 13.7. The first-order chi connectivity index (χ1) is 16.5. The second-order valence-electron chi connectivity index (χ2n) is 8.71. The molecule has 2 heterocycles. The van der Waals surface area contributed by atoms with Crippen LogP contribution in [0.25, 0.3) is 5.57 Å². The number of hydrogen-bond acceptors (Lipinski definition) is 4. The van der Waals surface area contributed by atoms with Crippen LogP contribution in [0, 0.1) is 12.7 Å². The number of aryl methyl sites for hydroxylation is 1. The summed E-state index contributed by atoms with van der Waals surface area (Å²) in [6.07, 6.45) is 0. The highest BCUT2D eigenvalue weighted by atomic mass is 19.1. The number of carbonyl (C=O) groups excluding carboxylic acids is 2. The van der Waals surface area contributed by atoms with Gasteiger partial charge in [-0.1, -0.05) is 60.7 Å². The molecular formula is C28H26FN3O2. The molecule has 2 amide bonds. The predicted octanol–water partition coefficient (Wildman–Crippen LogP) is 4.24. The van der Waals surface area contributed by atoms with Crippen LogP contribution >= 0.6 is 0 Å². The molecule has 2 aliphatic heterocycles. The largest absolute Gasteiger partial charge is 0.364 e. The van der Waals surface area contributed by atoms with Gasteiger partial charge in [-0.05, 0) is 41.8 Å². The highest BCUT2D eigenvalue weighted by Gasteiger charge is 2.43. The van der Waals surface area contributed by atoms with Crippen molar-refractivity contribution in [2.24, 2.45) is 0 Å². The van der Waals surface area contributed by atoms with E-state index in [9.17, 15) is 14.0 Å². The summed E-state index contributed by atoms with van der Waals surface area (Å²) in [5.41, 5.74) is 3.97. The number of para-hydroxylation sites is 1. The Morgan fingerprint density at radius 3 is 2.09 bits per heavy atom. The Hall–Kier alpha value is -3.77. The number of anilines is 1. The molecule has 0 radical (unpaired) electrons. The number of halogens is 1. The predicted molar refractivity (Wildman–Crippen MR) is 130 cm³/mol. The maximum absolute atomic E-state index is 13.7. The molecule has 172 valence electrons. The minimum atomic E-state index is -0.382. The average molecular weight is 456 g/mol. The lowest BCUT2D eigenvalue weighted by molar-refractivity contribution is -0.120. The molecule has 3 aromatic carbocycles. The molecule has 0 atom stereocenters. The number of hydrogen-bond donors (Lipinski definition) is 0. The van der Waals surface area contributed by atoms with Crippen molar-refractivity contribution < 1.29 is 14.0 Å². The SMILES string of the molecule is Cc1ccccc1N1C(=O)C(c2ccc(F)cc2)=C(N2CCN(Cc3ccccc3)CC2)C1=O. The van der Waals surface area contributed by atoms with Crippen molar-refractivity contribution >= 4 is 23.1 Å². The van der Waals surface area contributed by atoms with Gasteiger partial charge in [-0.3, -0.25) is 14.5 Å². The Morgan fingerprint density at radius 2 is 1.41 bits per heavy atom. The van der Waals surface area contributed by atoms with Gasteiger partial charge in [0.25, 0.3) is 11.8 Å². The number of piperazine rings is 1. The van der Waals surface area contributed by atoms with Gasteiger partial charge in [0, 0.05) is 32.7 Å². The fraction of sp³-hybridized carbons (Fsp3) is 0.214. The molecule has 0 aromatic heterocycles. The number of carbonyl (C=O) groups is 2. The van der Waals surface area contributed by atoms with E-state index >= 15 is 0 Å². The number of rotatable bonds is 5. The summed E-state index contributed by atoms with van der Waals surface area (Å²) in [7, 11) is 0. The van der Waals surface area contributed by atoms with Crippen molar-refractivity contribution in [3.63, 3.8) is 0 Å². The monoisotopic (exact) mass is 455 g/mol. The van der Waals surface area contributed by atoms with Gasteiger partial charge in [0.2, 0.25) is 0 Å². The molecule has 0 bridgehead atoms. The van der Waals surface area contributed by atoms with Crippen LogP contribution in [0.15, 0.2) is 84.6 Å². The molecule has 3 aromatic rings. The van der Waals surface area contributed by atoms with Gasteiger partial charge in [-0.2, -0.15) is 0 Å². The van der Waals surface area contributed by atoms with Crippen molar-refractivity contribution in [1.82, 2.24) is 9.80 Å². The third-order valence-electron chi connectivity index (χ3n) is 6.49. The first kappa shape index (κ1) is 22.0. The van der Waals surface area contributed by atoms with E-state index in [4.69, 9.17) is 0 Å². The fourth-order valence-corrected chi connectivity index (χ4v) is 4.69. The molecule has 0 N–H and O–H groups in total. The lowest BCUT2D eigenvalue weighted by Gasteiger charge is -2.36. The summed E-state index contributed by atoms with van der Waals surface area (Å²) in [4.78, 5) is 33.0. The van der Waals surface area contributed by atoms with Gasteiger partial charge in [-0.25, -0.2) is 9.29 Å². The van der Waals surface area contributed by atoms with Crippen molar-refractivity contribution in [2.45, 2.75) is 13.5 Å². The van der Waals surface area contributed by atoms with Gasteiger partial charge in [-0.15, -0.1) is 0 Å². The summed E-state index contributed by atoms with van der Waals surface area (Å²) >= 11 is 0. The van der Waals surface area contributed by atoms with E-state index in [1.165, 1.54) is 22.6 Å². The second kappa shape index (κ2) is 9.23. The number of imide groups is 1. The van der Waals surface area contributed by atoms with Crippen molar-refractivity contribution in [2.75, 3.05) is 31.1 Å². The second-order valence-corrected chi connectivity index (χ2v) is 8.71. The van der Waals surface area contributed by atoms with Crippen LogP contribution in [0.1, 0.15) is 16.7 Å². The van der Waals surface area contributed by atoms with Crippen LogP contribution in [0.2, 0.25) is 0 Å². The Kier molecular flexibility index (Phi) is 5.99. The van der Waals surface area contributed by atoms with E-state index in [2.05, 4.69) is 17.0 Å². The molecule has 34 heavy (non-hydrogen) atoms. The zero-order valence-electron chi connectivity index (χ0n) is 19.1. The topological polar surface area (TPSA) is 43.9 Å². The summed E-state index contributed by atoms with van der Waals surface area (Å²) < 4.78 is 13.6. The smallest absolute Gasteiger partial charge is 0.282 e. The van der Waals surface area contributed by atoms with Crippen LogP contribution in [0.4, 0.5) is 10.1 Å². The van der Waals surface area contributed by atoms with Crippen LogP contribution in [-0.4, -0.2) is 47.8 Å². The van der Waals surface area contributed by atoms with Crippen LogP contribution in [-0.2, 0) is 16.1 Å². The molecule has 5 rings (SSSR count). The summed E-state index contributed by atoms with van der Waals surface area (Å²) in [6, 6.07) is 23.5. The molecular weight excluding hydrogens is 429 g/mol. The van der Waals surface area contributed by atoms with Crippen LogP contribution in [0.5, 0.6) is 0 Å². The Morgan fingerprint density at radius 1 is 0.765 bits per heavy atom. The van der Waals surface area contributed by atoms with Crippen LogP contribution < -0.4 is 4.90 Å². The first-order valence-corrected chi connectivity index (χ1v) is 11.5. The van der Waals surface area contributed by atoms with Crippen LogP contribution in [0.3, 0.4) is 0 Å². The average Bonchev–Trinajstić information content (AvgIpc) is 3.11. The molecule has 0 aliphatic carbocycles. The van der Waals surface area contributed by atoms with E-state index in [-0.39, 0.29) is 17.6 Å². The molecule has 0 unspecified atom stereocenters. The zero-order chi connectivity index (χ0) is 23.7. The summed E-state index contributed by atoms with van der Waals surface area (Å²) in [6.45, 7) is 5.55. The minimum absolute atomic E-state index is 0.324. The number of nitrogens with zero attached hydrogens (tertiary/aromatic N) is 3. The third kappa shape index (κ3) is 4.13. The fourth-order valence-electron chi connectivity index (χ4n) is 4.69. The maximum Gasteiger partial charge on any atom is 0.282 e. The van der Waals surface area contributed by atoms with Gasteiger partial charge in [0.15, 0.2) is 0 Å². The van der Waals surface area contributed by atoms with E-state index in [0.29, 0.717) is 35.6 Å². The molecule has 1 fully saturated rings. The summed E-state index contributed by atoms with van der Waals surface area (Å²) in [5.74, 6) is -1.07. The van der Waals surface area contributed by atoms with Gasteiger partial charge in [0.05, 0.1) is 11.3 Å². The van der Waals surface area contributed by atoms with E-state index < -0.39 is 0 Å². The van der Waals surface area contributed by atoms with Gasteiger partial charge < -0.3 is 4.90 Å². The van der Waals surface area contributed by atoms with E-state index in [1.54, 1.807) is 18.2 Å². The van der Waals surface area contributed by atoms with Crippen molar-refractivity contribution in [3.8, 4) is 0 Å². The molecule has 0 saturated carbocycles. The lowest BCUT2D eigenvalue weighted by Crippen LogP contribution is -2.47. The Bertz CT molecular complexity index is 1250. The molecule has 5 nitrogen and oxygen atoms in total. The number of benzene rings is 3. The van der Waals surface area contributed by atoms with Crippen molar-refractivity contribution in [1.29, 1.82) is 0 Å². The zero-order valence-corrected chi connectivity index (χ0v) is 19.1. The summed E-state index contributed by atoms with van der Waals surface area (Å²) in [5, 5.41) is 0. The third-order valence-corrected chi connectivity index (χ3v) is 6.49. The first-order valence-electron chi connectivity index (χ1n) is 11.5. The Balaban J connectivity index is 1.46. The minimum Gasteiger partial charge on any atom is -0.364 e. The molecule has 0 spiro atoms. The quantitative estimate of drug-likeness (QED) is 0.540. The standard InChI is InChI=1S/C28H26FN3O2/c1-20-7-5-6-10-24(20)32-27(33)25(22-11-13-23(29)14-12-22)26(28(32)34)31-17-15-30(16-18-31)19-21-8-3-2-4-9-21/h2-14H,15-19H2,1H3. The molecule has 6 heteroatoms. The van der Waals surface area contributed by atoms with Gasteiger partial charge >= 0.3 is 0 Å². The van der Waals surface area contributed by atoms with Gasteiger partial charge in [0.1, 0.15) is 11.5 Å². The highest BCUT2D eigenvalue weighted by Crippen LogP contribution is 2.36. The van der Waals surface area contributed by atoms with Crippen molar-refractivity contribution in [3.05, 3.63) is 107 Å². The Labute approximate surface area is 198 Å². The highest BCUT2D eigenvalue weighted by molar-refractivity contribution is 6.45. The van der Waals surface area contributed by atoms with E-state index in [0.717, 1.165) is 25.2 Å². The molecule has 1 saturated heterocycles. The normalized spacial score (nSPS) is 17.1. The molecule has 2 aliphatic rings. The lowest BCUT2D eigenvalue weighted by atomic mass is 10.0. The number of amides is 2.